The highest BCUT2D eigenvalue weighted by Crippen LogP contribution is 2.37. The van der Waals surface area contributed by atoms with Crippen LogP contribution in [0.4, 0.5) is 13.2 Å². The van der Waals surface area contributed by atoms with Crippen molar-refractivity contribution < 1.29 is 22.7 Å². The van der Waals surface area contributed by atoms with Crippen LogP contribution in [0, 0.1) is 11.8 Å². The van der Waals surface area contributed by atoms with Crippen molar-refractivity contribution in [3.63, 3.8) is 0 Å². The minimum absolute atomic E-state index is 0.140. The SMILES string of the molecule is C[C@H](CCC(=O)c1ccc2c(Oc3ccc(C(F)(F)F)cc3)cccc2c1)C1CN(C2CC2)C1. The Hall–Kier alpha value is -2.86. The zero-order valence-electron chi connectivity index (χ0n) is 19.1. The Labute approximate surface area is 197 Å². The molecule has 0 radical (unpaired) electrons. The fraction of sp³-hybridized carbons (Fsp3) is 0.393. The van der Waals surface area contributed by atoms with Gasteiger partial charge in [0, 0.05) is 36.5 Å². The van der Waals surface area contributed by atoms with Gasteiger partial charge in [-0.05, 0) is 78.9 Å². The normalized spacial score (nSPS) is 18.0. The number of ether oxygens (including phenoxy) is 1. The van der Waals surface area contributed by atoms with E-state index in [1.807, 2.05) is 30.3 Å². The molecule has 0 aromatic heterocycles. The number of fused-ring (bicyclic) bond motifs is 1. The number of ketones is 1. The van der Waals surface area contributed by atoms with Crippen LogP contribution in [0.2, 0.25) is 0 Å². The van der Waals surface area contributed by atoms with E-state index in [1.165, 1.54) is 38.1 Å². The van der Waals surface area contributed by atoms with E-state index in [1.54, 1.807) is 6.07 Å². The van der Waals surface area contributed by atoms with Crippen LogP contribution in [0.1, 0.15) is 48.5 Å². The predicted molar refractivity (Wildman–Crippen MR) is 126 cm³/mol. The zero-order chi connectivity index (χ0) is 23.9. The van der Waals surface area contributed by atoms with Crippen molar-refractivity contribution in [3.8, 4) is 11.5 Å². The summed E-state index contributed by atoms with van der Waals surface area (Å²) in [5.41, 5.74) is -0.0348. The van der Waals surface area contributed by atoms with Crippen molar-refractivity contribution in [2.45, 2.75) is 44.8 Å². The van der Waals surface area contributed by atoms with Gasteiger partial charge in [-0.15, -0.1) is 0 Å². The molecule has 3 nitrogen and oxygen atoms in total. The van der Waals surface area contributed by atoms with Gasteiger partial charge in [-0.1, -0.05) is 25.1 Å². The second-order valence-electron chi connectivity index (χ2n) is 9.70. The quantitative estimate of drug-likeness (QED) is 0.325. The molecule has 1 atom stereocenters. The number of hydrogen-bond donors (Lipinski definition) is 0. The van der Waals surface area contributed by atoms with Gasteiger partial charge in [0.2, 0.25) is 0 Å². The van der Waals surface area contributed by atoms with E-state index in [0.717, 1.165) is 35.4 Å². The van der Waals surface area contributed by atoms with Gasteiger partial charge in [0.15, 0.2) is 5.78 Å². The minimum atomic E-state index is -4.38. The van der Waals surface area contributed by atoms with Gasteiger partial charge in [0.25, 0.3) is 0 Å². The number of benzene rings is 3. The van der Waals surface area contributed by atoms with Gasteiger partial charge in [0.1, 0.15) is 11.5 Å². The molecule has 1 heterocycles. The largest absolute Gasteiger partial charge is 0.457 e. The van der Waals surface area contributed by atoms with Crippen LogP contribution in [0.15, 0.2) is 60.7 Å². The lowest BCUT2D eigenvalue weighted by Crippen LogP contribution is -2.50. The summed E-state index contributed by atoms with van der Waals surface area (Å²) >= 11 is 0. The van der Waals surface area contributed by atoms with Crippen LogP contribution in [-0.2, 0) is 6.18 Å². The molecule has 0 bridgehead atoms. The lowest BCUT2D eigenvalue weighted by molar-refractivity contribution is -0.137. The highest BCUT2D eigenvalue weighted by molar-refractivity contribution is 6.01. The van der Waals surface area contributed by atoms with Crippen molar-refractivity contribution >= 4 is 16.6 Å². The Morgan fingerprint density at radius 3 is 2.47 bits per heavy atom. The first-order chi connectivity index (χ1) is 16.3. The number of nitrogens with zero attached hydrogens (tertiary/aromatic N) is 1. The maximum absolute atomic E-state index is 12.9. The highest BCUT2D eigenvalue weighted by Gasteiger charge is 2.39. The predicted octanol–water partition coefficient (Wildman–Crippen LogP) is 7.34. The summed E-state index contributed by atoms with van der Waals surface area (Å²) in [4.78, 5) is 15.4. The number of likely N-dealkylation sites (tertiary alicyclic amines) is 1. The molecule has 0 unspecified atom stereocenters. The molecule has 5 rings (SSSR count). The molecular formula is C28H28F3NO2. The zero-order valence-corrected chi connectivity index (χ0v) is 19.1. The summed E-state index contributed by atoms with van der Waals surface area (Å²) in [6, 6.07) is 16.5. The number of Topliss-reactive ketones (excluding diaryl/α,β-unsaturated/α-hetero) is 1. The van der Waals surface area contributed by atoms with Crippen LogP contribution < -0.4 is 4.74 Å². The summed E-state index contributed by atoms with van der Waals surface area (Å²) in [6.45, 7) is 4.61. The Balaban J connectivity index is 1.22. The third-order valence-electron chi connectivity index (χ3n) is 7.20. The van der Waals surface area contributed by atoms with Gasteiger partial charge in [0.05, 0.1) is 5.56 Å². The minimum Gasteiger partial charge on any atom is -0.457 e. The van der Waals surface area contributed by atoms with E-state index < -0.39 is 11.7 Å². The topological polar surface area (TPSA) is 29.5 Å². The maximum atomic E-state index is 12.9. The van der Waals surface area contributed by atoms with E-state index in [0.29, 0.717) is 35.3 Å². The fourth-order valence-electron chi connectivity index (χ4n) is 4.74. The third-order valence-corrected chi connectivity index (χ3v) is 7.20. The summed E-state index contributed by atoms with van der Waals surface area (Å²) in [5, 5.41) is 1.67. The lowest BCUT2D eigenvalue weighted by Gasteiger charge is -2.43. The molecule has 0 amide bonds. The van der Waals surface area contributed by atoms with Gasteiger partial charge >= 0.3 is 6.18 Å². The summed E-state index contributed by atoms with van der Waals surface area (Å²) < 4.78 is 44.2. The van der Waals surface area contributed by atoms with E-state index in [-0.39, 0.29) is 5.78 Å². The molecule has 1 saturated carbocycles. The Bertz CT molecular complexity index is 1180. The van der Waals surface area contributed by atoms with Crippen LogP contribution in [-0.4, -0.2) is 29.8 Å². The number of carbonyl (C=O) groups is 1. The second-order valence-corrected chi connectivity index (χ2v) is 9.70. The first-order valence-electron chi connectivity index (χ1n) is 11.9. The summed E-state index contributed by atoms with van der Waals surface area (Å²) in [7, 11) is 0. The third kappa shape index (κ3) is 4.97. The molecule has 3 aromatic carbocycles. The van der Waals surface area contributed by atoms with E-state index in [9.17, 15) is 18.0 Å². The standard InChI is InChI=1S/C28H28F3NO2/c1-18(21-16-32(17-21)23-9-10-23)5-14-26(33)20-6-13-25-19(15-20)3-2-4-27(25)34-24-11-7-22(8-12-24)28(29,30)31/h2-4,6-8,11-13,15,18,21,23H,5,9-10,14,16-17H2,1H3/t18-/m1/s1. The van der Waals surface area contributed by atoms with E-state index >= 15 is 0 Å². The van der Waals surface area contributed by atoms with Crippen molar-refractivity contribution in [2.75, 3.05) is 13.1 Å². The van der Waals surface area contributed by atoms with Crippen LogP contribution in [0.25, 0.3) is 10.8 Å². The maximum Gasteiger partial charge on any atom is 0.416 e. The average Bonchev–Trinajstić information content (AvgIpc) is 3.61. The lowest BCUT2D eigenvalue weighted by atomic mass is 9.83. The number of alkyl halides is 3. The Morgan fingerprint density at radius 1 is 1.06 bits per heavy atom. The molecule has 6 heteroatoms. The van der Waals surface area contributed by atoms with Gasteiger partial charge in [-0.3, -0.25) is 9.69 Å². The smallest absolute Gasteiger partial charge is 0.416 e. The number of hydrogen-bond acceptors (Lipinski definition) is 3. The molecule has 0 spiro atoms. The molecule has 0 N–H and O–H groups in total. The monoisotopic (exact) mass is 467 g/mol. The number of carbonyl (C=O) groups excluding carboxylic acids is 1. The fourth-order valence-corrected chi connectivity index (χ4v) is 4.74. The first kappa shape index (κ1) is 22.9. The van der Waals surface area contributed by atoms with Crippen LogP contribution >= 0.6 is 0 Å². The van der Waals surface area contributed by atoms with Gasteiger partial charge < -0.3 is 4.74 Å². The Morgan fingerprint density at radius 2 is 1.79 bits per heavy atom. The second kappa shape index (κ2) is 9.06. The summed E-state index contributed by atoms with van der Waals surface area (Å²) in [6.07, 6.45) is -0.254. The van der Waals surface area contributed by atoms with Gasteiger partial charge in [-0.2, -0.15) is 13.2 Å². The first-order valence-corrected chi connectivity index (χ1v) is 11.9. The molecular weight excluding hydrogens is 439 g/mol. The molecule has 178 valence electrons. The molecule has 1 saturated heterocycles. The molecule has 2 fully saturated rings. The van der Waals surface area contributed by atoms with Crippen molar-refractivity contribution in [1.82, 2.24) is 4.90 Å². The molecule has 1 aliphatic carbocycles. The average molecular weight is 468 g/mol. The van der Waals surface area contributed by atoms with E-state index in [4.69, 9.17) is 4.74 Å². The van der Waals surface area contributed by atoms with E-state index in [2.05, 4.69) is 11.8 Å². The van der Waals surface area contributed by atoms with Crippen LogP contribution in [0.5, 0.6) is 11.5 Å². The number of halogens is 3. The molecule has 34 heavy (non-hydrogen) atoms. The number of rotatable bonds is 8. The summed E-state index contributed by atoms with van der Waals surface area (Å²) in [5.74, 6) is 2.25. The van der Waals surface area contributed by atoms with Crippen LogP contribution in [0.3, 0.4) is 0 Å². The van der Waals surface area contributed by atoms with Gasteiger partial charge in [-0.25, -0.2) is 0 Å². The molecule has 1 aliphatic heterocycles. The van der Waals surface area contributed by atoms with Crippen molar-refractivity contribution in [1.29, 1.82) is 0 Å². The molecule has 3 aromatic rings. The Kier molecular flexibility index (Phi) is 6.11. The van der Waals surface area contributed by atoms with Crippen molar-refractivity contribution in [2.24, 2.45) is 11.8 Å². The highest BCUT2D eigenvalue weighted by atomic mass is 19.4. The van der Waals surface area contributed by atoms with Crippen molar-refractivity contribution in [3.05, 3.63) is 71.8 Å². The molecule has 2 aliphatic rings.